The molecule has 0 N–H and O–H groups in total. The largest absolute Gasteiger partial charge is 0.492 e. The van der Waals surface area contributed by atoms with Gasteiger partial charge in [0.05, 0.1) is 6.07 Å². The Hall–Kier alpha value is -1.41. The molecule has 92 valence electrons. The fraction of sp³-hybridized carbons (Fsp3) is 0.364. The Morgan fingerprint density at radius 1 is 1.47 bits per heavy atom. The molecule has 1 rings (SSSR count). The number of nitrogens with zero attached hydrogens (tertiary/aromatic N) is 1. The van der Waals surface area contributed by atoms with Gasteiger partial charge in [0.15, 0.2) is 5.92 Å². The maximum atomic E-state index is 12.2. The lowest BCUT2D eigenvalue weighted by Gasteiger charge is -2.14. The van der Waals surface area contributed by atoms with E-state index < -0.39 is 18.7 Å². The molecule has 0 saturated carbocycles. The fourth-order valence-corrected chi connectivity index (χ4v) is 1.21. The summed E-state index contributed by atoms with van der Waals surface area (Å²) >= 11 is 5.76. The van der Waals surface area contributed by atoms with Gasteiger partial charge < -0.3 is 4.74 Å². The third-order valence-corrected chi connectivity index (χ3v) is 2.52. The van der Waals surface area contributed by atoms with Gasteiger partial charge in [-0.1, -0.05) is 11.6 Å². The second-order valence-electron chi connectivity index (χ2n) is 3.45. The summed E-state index contributed by atoms with van der Waals surface area (Å²) in [5.74, 6) is -1.87. The summed E-state index contributed by atoms with van der Waals surface area (Å²) in [6.45, 7) is 0.988. The highest BCUT2D eigenvalue weighted by Gasteiger charge is 2.40. The van der Waals surface area contributed by atoms with Gasteiger partial charge in [0.25, 0.3) is 0 Å². The van der Waals surface area contributed by atoms with Gasteiger partial charge >= 0.3 is 6.18 Å². The Morgan fingerprint density at radius 2 is 2.12 bits per heavy atom. The van der Waals surface area contributed by atoms with E-state index in [0.717, 1.165) is 6.07 Å². The maximum Gasteiger partial charge on any atom is 0.407 e. The van der Waals surface area contributed by atoms with Crippen LogP contribution in [0.5, 0.6) is 5.75 Å². The van der Waals surface area contributed by atoms with E-state index in [1.807, 2.05) is 0 Å². The first-order valence-corrected chi connectivity index (χ1v) is 5.07. The molecular formula is C11H9ClF3NO. The first-order chi connectivity index (χ1) is 7.84. The van der Waals surface area contributed by atoms with Crippen LogP contribution in [0.4, 0.5) is 13.2 Å². The molecule has 2 nitrogen and oxygen atoms in total. The standard InChI is InChI=1S/C11H9ClF3NO/c1-7-4-9(2-3-10(7)12)17-6-8(5-16)11(13,14)15/h2-4,8H,6H2,1H3. The predicted octanol–water partition coefficient (Wildman–Crippen LogP) is 3.73. The van der Waals surface area contributed by atoms with E-state index >= 15 is 0 Å². The number of rotatable bonds is 3. The molecule has 0 aliphatic carbocycles. The molecule has 0 fully saturated rings. The van der Waals surface area contributed by atoms with Crippen molar-refractivity contribution in [3.05, 3.63) is 28.8 Å². The molecular weight excluding hydrogens is 255 g/mol. The van der Waals surface area contributed by atoms with E-state index in [4.69, 9.17) is 21.6 Å². The molecule has 1 aromatic carbocycles. The van der Waals surface area contributed by atoms with Crippen molar-refractivity contribution >= 4 is 11.6 Å². The number of hydrogen-bond donors (Lipinski definition) is 0. The van der Waals surface area contributed by atoms with E-state index in [1.54, 1.807) is 6.92 Å². The third-order valence-electron chi connectivity index (χ3n) is 2.10. The highest BCUT2D eigenvalue weighted by atomic mass is 35.5. The molecule has 1 atom stereocenters. The van der Waals surface area contributed by atoms with Crippen molar-refractivity contribution in [3.63, 3.8) is 0 Å². The molecule has 0 amide bonds. The van der Waals surface area contributed by atoms with Gasteiger partial charge in [-0.3, -0.25) is 0 Å². The van der Waals surface area contributed by atoms with Gasteiger partial charge in [0.1, 0.15) is 12.4 Å². The SMILES string of the molecule is Cc1cc(OCC(C#N)C(F)(F)F)ccc1Cl. The zero-order valence-electron chi connectivity index (χ0n) is 8.88. The number of alkyl halides is 3. The van der Waals surface area contributed by atoms with Crippen LogP contribution in [0.15, 0.2) is 18.2 Å². The van der Waals surface area contributed by atoms with Crippen LogP contribution in [0.1, 0.15) is 5.56 Å². The van der Waals surface area contributed by atoms with E-state index in [2.05, 4.69) is 0 Å². The van der Waals surface area contributed by atoms with Gasteiger partial charge in [-0.15, -0.1) is 0 Å². The second kappa shape index (κ2) is 5.28. The summed E-state index contributed by atoms with van der Waals surface area (Å²) in [4.78, 5) is 0. The number of ether oxygens (including phenoxy) is 1. The van der Waals surface area contributed by atoms with Crippen LogP contribution in [-0.4, -0.2) is 12.8 Å². The highest BCUT2D eigenvalue weighted by molar-refractivity contribution is 6.31. The zero-order valence-corrected chi connectivity index (χ0v) is 9.64. The number of aryl methyl sites for hydroxylation is 1. The topological polar surface area (TPSA) is 33.0 Å². The Morgan fingerprint density at radius 3 is 2.59 bits per heavy atom. The smallest absolute Gasteiger partial charge is 0.407 e. The molecule has 0 aliphatic rings. The average Bonchev–Trinajstić information content (AvgIpc) is 2.22. The van der Waals surface area contributed by atoms with Crippen molar-refractivity contribution in [2.45, 2.75) is 13.1 Å². The maximum absolute atomic E-state index is 12.2. The monoisotopic (exact) mass is 263 g/mol. The summed E-state index contributed by atoms with van der Waals surface area (Å²) in [5.41, 5.74) is 0.699. The van der Waals surface area contributed by atoms with Crippen molar-refractivity contribution in [3.8, 4) is 11.8 Å². The molecule has 0 spiro atoms. The van der Waals surface area contributed by atoms with Crippen LogP contribution in [0.3, 0.4) is 0 Å². The van der Waals surface area contributed by atoms with E-state index in [9.17, 15) is 13.2 Å². The normalized spacial score (nSPS) is 12.9. The Bertz CT molecular complexity index is 439. The molecule has 0 saturated heterocycles. The molecule has 1 unspecified atom stereocenters. The highest BCUT2D eigenvalue weighted by Crippen LogP contribution is 2.27. The summed E-state index contributed by atoms with van der Waals surface area (Å²) in [6.07, 6.45) is -4.57. The van der Waals surface area contributed by atoms with Gasteiger partial charge in [0.2, 0.25) is 0 Å². The van der Waals surface area contributed by atoms with Crippen LogP contribution >= 0.6 is 11.6 Å². The average molecular weight is 264 g/mol. The Labute approximate surface area is 102 Å². The number of nitriles is 1. The molecule has 6 heteroatoms. The van der Waals surface area contributed by atoms with E-state index in [1.165, 1.54) is 18.2 Å². The Balaban J connectivity index is 2.67. The van der Waals surface area contributed by atoms with Crippen LogP contribution < -0.4 is 4.74 Å². The first kappa shape index (κ1) is 13.7. The minimum atomic E-state index is -4.57. The Kier molecular flexibility index (Phi) is 4.24. The lowest BCUT2D eigenvalue weighted by atomic mass is 10.2. The van der Waals surface area contributed by atoms with Crippen molar-refractivity contribution in [1.29, 1.82) is 5.26 Å². The zero-order chi connectivity index (χ0) is 13.1. The molecule has 0 aromatic heterocycles. The molecule has 17 heavy (non-hydrogen) atoms. The van der Waals surface area contributed by atoms with Crippen LogP contribution in [0.25, 0.3) is 0 Å². The molecule has 0 aliphatic heterocycles. The van der Waals surface area contributed by atoms with Crippen molar-refractivity contribution in [1.82, 2.24) is 0 Å². The van der Waals surface area contributed by atoms with Crippen molar-refractivity contribution in [2.24, 2.45) is 5.92 Å². The van der Waals surface area contributed by atoms with Crippen LogP contribution in [0, 0.1) is 24.2 Å². The van der Waals surface area contributed by atoms with Crippen molar-refractivity contribution < 1.29 is 17.9 Å². The number of halogens is 4. The fourth-order valence-electron chi connectivity index (χ4n) is 1.09. The van der Waals surface area contributed by atoms with Crippen LogP contribution in [-0.2, 0) is 0 Å². The minimum Gasteiger partial charge on any atom is -0.492 e. The summed E-state index contributed by atoms with van der Waals surface area (Å²) < 4.78 is 41.6. The molecule has 0 bridgehead atoms. The van der Waals surface area contributed by atoms with Gasteiger partial charge in [-0.25, -0.2) is 0 Å². The predicted molar refractivity (Wildman–Crippen MR) is 56.8 cm³/mol. The van der Waals surface area contributed by atoms with Gasteiger partial charge in [0, 0.05) is 5.02 Å². The van der Waals surface area contributed by atoms with Gasteiger partial charge in [-0.05, 0) is 30.7 Å². The minimum absolute atomic E-state index is 0.261. The number of benzene rings is 1. The lowest BCUT2D eigenvalue weighted by Crippen LogP contribution is -2.27. The molecule has 0 radical (unpaired) electrons. The van der Waals surface area contributed by atoms with E-state index in [0.29, 0.717) is 10.6 Å². The van der Waals surface area contributed by atoms with Crippen molar-refractivity contribution in [2.75, 3.05) is 6.61 Å². The second-order valence-corrected chi connectivity index (χ2v) is 3.85. The summed E-state index contributed by atoms with van der Waals surface area (Å²) in [7, 11) is 0. The summed E-state index contributed by atoms with van der Waals surface area (Å²) in [5, 5.41) is 8.87. The molecule has 0 heterocycles. The van der Waals surface area contributed by atoms with Gasteiger partial charge in [-0.2, -0.15) is 18.4 Å². The number of hydrogen-bond acceptors (Lipinski definition) is 2. The lowest BCUT2D eigenvalue weighted by molar-refractivity contribution is -0.165. The molecule has 1 aromatic rings. The van der Waals surface area contributed by atoms with Crippen LogP contribution in [0.2, 0.25) is 5.02 Å². The first-order valence-electron chi connectivity index (χ1n) is 4.70. The third kappa shape index (κ3) is 3.82. The quantitative estimate of drug-likeness (QED) is 0.832. The summed E-state index contributed by atoms with van der Waals surface area (Å²) in [6, 6.07) is 5.67. The van der Waals surface area contributed by atoms with E-state index in [-0.39, 0.29) is 5.75 Å².